The summed E-state index contributed by atoms with van der Waals surface area (Å²) in [5.41, 5.74) is 0.624. The van der Waals surface area contributed by atoms with Crippen LogP contribution in [0.3, 0.4) is 0 Å². The summed E-state index contributed by atoms with van der Waals surface area (Å²) < 4.78 is 0. The molecule has 0 aliphatic heterocycles. The van der Waals surface area contributed by atoms with Crippen molar-refractivity contribution in [1.82, 2.24) is 5.32 Å². The van der Waals surface area contributed by atoms with Crippen molar-refractivity contribution in [2.45, 2.75) is 84.2 Å². The minimum Gasteiger partial charge on any atom is -0.311 e. The highest BCUT2D eigenvalue weighted by atomic mass is 15.0. The fraction of sp³-hybridized carbons (Fsp3) is 1.00. The second-order valence-electron chi connectivity index (χ2n) is 6.58. The van der Waals surface area contributed by atoms with E-state index in [4.69, 9.17) is 0 Å². The molecule has 94 valence electrons. The molecule has 2 rings (SSSR count). The van der Waals surface area contributed by atoms with Gasteiger partial charge in [0.25, 0.3) is 0 Å². The monoisotopic (exact) mass is 223 g/mol. The first-order valence-electron chi connectivity index (χ1n) is 7.38. The molecule has 1 N–H and O–H groups in total. The first-order valence-corrected chi connectivity index (χ1v) is 7.38. The zero-order chi connectivity index (χ0) is 11.6. The van der Waals surface area contributed by atoms with Gasteiger partial charge in [-0.1, -0.05) is 32.6 Å². The molecule has 2 atom stereocenters. The van der Waals surface area contributed by atoms with Crippen LogP contribution in [0.25, 0.3) is 0 Å². The van der Waals surface area contributed by atoms with Gasteiger partial charge in [-0.25, -0.2) is 0 Å². The Morgan fingerprint density at radius 3 is 2.06 bits per heavy atom. The van der Waals surface area contributed by atoms with Crippen LogP contribution >= 0.6 is 0 Å². The molecule has 0 aromatic heterocycles. The van der Waals surface area contributed by atoms with Gasteiger partial charge in [0.15, 0.2) is 0 Å². The van der Waals surface area contributed by atoms with Crippen LogP contribution < -0.4 is 5.32 Å². The summed E-state index contributed by atoms with van der Waals surface area (Å²) in [6.45, 7) is 7.24. The SMILES string of the molecule is CC(N[C@H](C)C1CCCCCC1)C1(C)CC1. The molecule has 1 heteroatoms. The Labute approximate surface area is 101 Å². The van der Waals surface area contributed by atoms with E-state index in [2.05, 4.69) is 26.1 Å². The van der Waals surface area contributed by atoms with Crippen molar-refractivity contribution < 1.29 is 0 Å². The van der Waals surface area contributed by atoms with Gasteiger partial charge in [0.2, 0.25) is 0 Å². The molecule has 0 amide bonds. The van der Waals surface area contributed by atoms with E-state index in [1.165, 1.54) is 51.4 Å². The maximum Gasteiger partial charge on any atom is 0.00951 e. The van der Waals surface area contributed by atoms with Crippen molar-refractivity contribution in [1.29, 1.82) is 0 Å². The topological polar surface area (TPSA) is 12.0 Å². The molecular weight excluding hydrogens is 194 g/mol. The Morgan fingerprint density at radius 2 is 1.56 bits per heavy atom. The molecule has 0 aromatic carbocycles. The molecule has 2 aliphatic carbocycles. The van der Waals surface area contributed by atoms with E-state index in [0.29, 0.717) is 11.5 Å². The van der Waals surface area contributed by atoms with Crippen LogP contribution in [0.5, 0.6) is 0 Å². The third-order valence-corrected chi connectivity index (χ3v) is 5.20. The third-order valence-electron chi connectivity index (χ3n) is 5.20. The van der Waals surface area contributed by atoms with Gasteiger partial charge >= 0.3 is 0 Å². The molecule has 1 nitrogen and oxygen atoms in total. The van der Waals surface area contributed by atoms with Crippen molar-refractivity contribution in [3.8, 4) is 0 Å². The molecule has 2 fully saturated rings. The molecular formula is C15H29N. The lowest BCUT2D eigenvalue weighted by Gasteiger charge is -2.30. The Balaban J connectivity index is 1.79. The molecule has 0 bridgehead atoms. The van der Waals surface area contributed by atoms with Gasteiger partial charge in [-0.05, 0) is 50.9 Å². The van der Waals surface area contributed by atoms with Crippen LogP contribution in [-0.2, 0) is 0 Å². The van der Waals surface area contributed by atoms with Gasteiger partial charge in [0, 0.05) is 12.1 Å². The molecule has 2 aliphatic rings. The van der Waals surface area contributed by atoms with Gasteiger partial charge in [-0.2, -0.15) is 0 Å². The largest absolute Gasteiger partial charge is 0.311 e. The number of hydrogen-bond acceptors (Lipinski definition) is 1. The van der Waals surface area contributed by atoms with Crippen molar-refractivity contribution >= 4 is 0 Å². The third kappa shape index (κ3) is 3.00. The van der Waals surface area contributed by atoms with E-state index in [1.54, 1.807) is 0 Å². The highest BCUT2D eigenvalue weighted by Gasteiger charge is 2.43. The summed E-state index contributed by atoms with van der Waals surface area (Å²) in [5, 5.41) is 3.88. The first kappa shape index (κ1) is 12.4. The van der Waals surface area contributed by atoms with Crippen molar-refractivity contribution in [2.24, 2.45) is 11.3 Å². The van der Waals surface area contributed by atoms with Crippen LogP contribution in [-0.4, -0.2) is 12.1 Å². The summed E-state index contributed by atoms with van der Waals surface area (Å²) >= 11 is 0. The maximum absolute atomic E-state index is 3.88. The summed E-state index contributed by atoms with van der Waals surface area (Å²) in [5.74, 6) is 0.937. The van der Waals surface area contributed by atoms with Crippen molar-refractivity contribution in [3.05, 3.63) is 0 Å². The fourth-order valence-electron chi connectivity index (χ4n) is 3.17. The minimum atomic E-state index is 0.624. The molecule has 0 spiro atoms. The Hall–Kier alpha value is -0.0400. The van der Waals surface area contributed by atoms with Gasteiger partial charge in [0.1, 0.15) is 0 Å². The normalized spacial score (nSPS) is 29.4. The van der Waals surface area contributed by atoms with E-state index in [-0.39, 0.29) is 0 Å². The summed E-state index contributed by atoms with van der Waals surface area (Å²) in [6.07, 6.45) is 11.6. The molecule has 1 unspecified atom stereocenters. The molecule has 0 saturated heterocycles. The number of nitrogens with one attached hydrogen (secondary N) is 1. The van der Waals surface area contributed by atoms with Crippen LogP contribution in [0, 0.1) is 11.3 Å². The maximum atomic E-state index is 3.88. The average Bonchev–Trinajstić information content (AvgIpc) is 3.02. The van der Waals surface area contributed by atoms with Crippen molar-refractivity contribution in [2.75, 3.05) is 0 Å². The second-order valence-corrected chi connectivity index (χ2v) is 6.58. The van der Waals surface area contributed by atoms with Crippen LogP contribution in [0.15, 0.2) is 0 Å². The highest BCUT2D eigenvalue weighted by molar-refractivity contribution is 4.97. The summed E-state index contributed by atoms with van der Waals surface area (Å²) in [7, 11) is 0. The molecule has 0 radical (unpaired) electrons. The number of rotatable bonds is 4. The Kier molecular flexibility index (Phi) is 3.94. The molecule has 16 heavy (non-hydrogen) atoms. The number of hydrogen-bond donors (Lipinski definition) is 1. The van der Waals surface area contributed by atoms with Gasteiger partial charge < -0.3 is 5.32 Å². The van der Waals surface area contributed by atoms with Crippen LogP contribution in [0.1, 0.15) is 72.1 Å². The lowest BCUT2D eigenvalue weighted by atomic mass is 9.91. The van der Waals surface area contributed by atoms with E-state index in [9.17, 15) is 0 Å². The van der Waals surface area contributed by atoms with Gasteiger partial charge in [-0.15, -0.1) is 0 Å². The molecule has 0 heterocycles. The standard InChI is InChI=1S/C15H29N/c1-12(14-8-6-4-5-7-9-14)16-13(2)15(3)10-11-15/h12-14,16H,4-11H2,1-3H3/t12-,13?/m1/s1. The van der Waals surface area contributed by atoms with Crippen LogP contribution in [0.4, 0.5) is 0 Å². The van der Waals surface area contributed by atoms with E-state index in [1.807, 2.05) is 0 Å². The van der Waals surface area contributed by atoms with E-state index >= 15 is 0 Å². The van der Waals surface area contributed by atoms with Crippen molar-refractivity contribution in [3.63, 3.8) is 0 Å². The predicted molar refractivity (Wildman–Crippen MR) is 70.6 cm³/mol. The van der Waals surface area contributed by atoms with Crippen LogP contribution in [0.2, 0.25) is 0 Å². The Morgan fingerprint density at radius 1 is 1.00 bits per heavy atom. The lowest BCUT2D eigenvalue weighted by Crippen LogP contribution is -2.43. The second kappa shape index (κ2) is 5.08. The minimum absolute atomic E-state index is 0.624. The molecule has 0 aromatic rings. The quantitative estimate of drug-likeness (QED) is 0.707. The molecule has 2 saturated carbocycles. The first-order chi connectivity index (χ1) is 7.62. The predicted octanol–water partition coefficient (Wildman–Crippen LogP) is 4.12. The lowest BCUT2D eigenvalue weighted by molar-refractivity contribution is 0.272. The smallest absolute Gasteiger partial charge is 0.00951 e. The van der Waals surface area contributed by atoms with Gasteiger partial charge in [-0.3, -0.25) is 0 Å². The highest BCUT2D eigenvalue weighted by Crippen LogP contribution is 2.48. The fourth-order valence-corrected chi connectivity index (χ4v) is 3.17. The zero-order valence-electron chi connectivity index (χ0n) is 11.4. The summed E-state index contributed by atoms with van der Waals surface area (Å²) in [4.78, 5) is 0. The average molecular weight is 223 g/mol. The van der Waals surface area contributed by atoms with E-state index < -0.39 is 0 Å². The zero-order valence-corrected chi connectivity index (χ0v) is 11.4. The summed E-state index contributed by atoms with van der Waals surface area (Å²) in [6, 6.07) is 1.44. The Bertz CT molecular complexity index is 211. The van der Waals surface area contributed by atoms with E-state index in [0.717, 1.165) is 12.0 Å². The van der Waals surface area contributed by atoms with Gasteiger partial charge in [0.05, 0.1) is 0 Å².